The Morgan fingerprint density at radius 3 is 2.55 bits per heavy atom. The second-order valence-corrected chi connectivity index (χ2v) is 12.9. The van der Waals surface area contributed by atoms with Gasteiger partial charge in [0.15, 0.2) is 0 Å². The number of aromatic amines is 1. The molecule has 2 aromatic heterocycles. The largest absolute Gasteiger partial charge is 0.477 e. The summed E-state index contributed by atoms with van der Waals surface area (Å²) in [5.41, 5.74) is 3.06. The van der Waals surface area contributed by atoms with Crippen LogP contribution < -0.4 is 16.2 Å². The molecule has 14 nitrogen and oxygen atoms in total. The molecular weight excluding hydrogens is 645 g/mol. The Balaban J connectivity index is 1.10. The SMILES string of the molecule is Cc1ccc(-c2ccc(C(=O)Nc3ccccc3CC(=O)NC3C(=O)N4C(C(=O)O)=C(CSc5nnnn5C)CS[C@H]34)c(=O)[nH]2)cc1. The molecule has 2 aromatic carbocycles. The molecule has 3 amide bonds. The van der Waals surface area contributed by atoms with Crippen LogP contribution in [0.3, 0.4) is 0 Å². The minimum absolute atomic E-state index is 0.0945. The van der Waals surface area contributed by atoms with E-state index in [9.17, 15) is 29.1 Å². The number of nitrogens with zero attached hydrogens (tertiary/aromatic N) is 5. The molecule has 16 heteroatoms. The predicted molar refractivity (Wildman–Crippen MR) is 175 cm³/mol. The van der Waals surface area contributed by atoms with E-state index in [2.05, 4.69) is 31.1 Å². The lowest BCUT2D eigenvalue weighted by molar-refractivity contribution is -0.150. The van der Waals surface area contributed by atoms with Gasteiger partial charge in [-0.1, -0.05) is 59.8 Å². The van der Waals surface area contributed by atoms with Gasteiger partial charge in [-0.25, -0.2) is 9.48 Å². The number of thioether (sulfide) groups is 2. The van der Waals surface area contributed by atoms with E-state index in [0.29, 0.717) is 33.4 Å². The van der Waals surface area contributed by atoms with Gasteiger partial charge in [-0.2, -0.15) is 0 Å². The highest BCUT2D eigenvalue weighted by atomic mass is 32.2. The van der Waals surface area contributed by atoms with Gasteiger partial charge in [-0.3, -0.25) is 24.1 Å². The first-order chi connectivity index (χ1) is 22.6. The number of fused-ring (bicyclic) bond motifs is 1. The number of tetrazole rings is 1. The molecule has 1 fully saturated rings. The van der Waals surface area contributed by atoms with Crippen LogP contribution in [0.1, 0.15) is 21.5 Å². The molecule has 4 aromatic rings. The summed E-state index contributed by atoms with van der Waals surface area (Å²) >= 11 is 2.63. The minimum atomic E-state index is -1.23. The number of aliphatic carboxylic acids is 1. The van der Waals surface area contributed by atoms with Crippen molar-refractivity contribution < 1.29 is 24.3 Å². The molecule has 2 atom stereocenters. The van der Waals surface area contributed by atoms with Crippen molar-refractivity contribution in [1.29, 1.82) is 0 Å². The van der Waals surface area contributed by atoms with Crippen molar-refractivity contribution in [3.05, 3.63) is 99.0 Å². The first kappa shape index (κ1) is 31.7. The summed E-state index contributed by atoms with van der Waals surface area (Å²) in [4.78, 5) is 68.3. The van der Waals surface area contributed by atoms with Gasteiger partial charge in [0.05, 0.1) is 6.42 Å². The maximum atomic E-state index is 13.1. The lowest BCUT2D eigenvalue weighted by atomic mass is 10.0. The normalized spacial score (nSPS) is 17.1. The number of hydrogen-bond acceptors (Lipinski definition) is 10. The minimum Gasteiger partial charge on any atom is -0.477 e. The van der Waals surface area contributed by atoms with Gasteiger partial charge in [0.1, 0.15) is 22.7 Å². The van der Waals surface area contributed by atoms with E-state index in [1.54, 1.807) is 37.4 Å². The molecule has 4 N–H and O–H groups in total. The summed E-state index contributed by atoms with van der Waals surface area (Å²) in [6, 6.07) is 16.5. The number of carboxylic acids is 1. The van der Waals surface area contributed by atoms with Gasteiger partial charge >= 0.3 is 5.97 Å². The Hall–Kier alpha value is -5.22. The topological polar surface area (TPSA) is 192 Å². The summed E-state index contributed by atoms with van der Waals surface area (Å²) < 4.78 is 1.47. The van der Waals surface area contributed by atoms with Gasteiger partial charge in [0.2, 0.25) is 11.1 Å². The highest BCUT2D eigenvalue weighted by molar-refractivity contribution is 8.01. The van der Waals surface area contributed by atoms with Crippen molar-refractivity contribution in [2.24, 2.45) is 7.05 Å². The van der Waals surface area contributed by atoms with Crippen molar-refractivity contribution in [3.8, 4) is 11.3 Å². The fourth-order valence-corrected chi connectivity index (χ4v) is 7.56. The first-order valence-electron chi connectivity index (χ1n) is 14.3. The number of carbonyl (C=O) groups is 4. The second kappa shape index (κ2) is 13.3. The number of nitrogens with one attached hydrogen (secondary N) is 3. The maximum absolute atomic E-state index is 13.1. The molecule has 2 aliphatic heterocycles. The number of benzene rings is 2. The van der Waals surface area contributed by atoms with Crippen LogP contribution in [0.5, 0.6) is 0 Å². The Labute approximate surface area is 276 Å². The molecule has 2 aliphatic rings. The fourth-order valence-electron chi connectivity index (χ4n) is 5.23. The van der Waals surface area contributed by atoms with E-state index < -0.39 is 40.7 Å². The lowest BCUT2D eigenvalue weighted by Crippen LogP contribution is -2.70. The average molecular weight is 673 g/mol. The summed E-state index contributed by atoms with van der Waals surface area (Å²) in [5, 5.41) is 26.5. The quantitative estimate of drug-likeness (QED) is 0.143. The van der Waals surface area contributed by atoms with Crippen molar-refractivity contribution in [2.75, 3.05) is 16.8 Å². The van der Waals surface area contributed by atoms with Crippen LogP contribution in [0, 0.1) is 6.92 Å². The molecular formula is C31H28N8O6S2. The molecule has 4 heterocycles. The molecule has 6 rings (SSSR count). The molecule has 0 aliphatic carbocycles. The average Bonchev–Trinajstić information content (AvgIpc) is 3.47. The molecule has 0 bridgehead atoms. The number of H-pyrrole nitrogens is 1. The van der Waals surface area contributed by atoms with Crippen molar-refractivity contribution in [2.45, 2.75) is 29.9 Å². The second-order valence-electron chi connectivity index (χ2n) is 10.9. The third-order valence-corrected chi connectivity index (χ3v) is 10.1. The van der Waals surface area contributed by atoms with E-state index in [1.165, 1.54) is 39.2 Å². The van der Waals surface area contributed by atoms with E-state index in [4.69, 9.17) is 0 Å². The van der Waals surface area contributed by atoms with E-state index in [1.807, 2.05) is 31.2 Å². The number of pyridine rings is 1. The molecule has 0 radical (unpaired) electrons. The number of aromatic nitrogens is 5. The molecule has 240 valence electrons. The smallest absolute Gasteiger partial charge is 0.352 e. The van der Waals surface area contributed by atoms with Crippen LogP contribution in [0.2, 0.25) is 0 Å². The lowest BCUT2D eigenvalue weighted by Gasteiger charge is -2.49. The third kappa shape index (κ3) is 6.55. The van der Waals surface area contributed by atoms with E-state index in [0.717, 1.165) is 11.1 Å². The summed E-state index contributed by atoms with van der Waals surface area (Å²) in [5.74, 6) is -2.25. The van der Waals surface area contributed by atoms with E-state index >= 15 is 0 Å². The number of hydrogen-bond donors (Lipinski definition) is 4. The number of para-hydroxylation sites is 1. The number of anilines is 1. The summed E-state index contributed by atoms with van der Waals surface area (Å²) in [6.45, 7) is 1.96. The fraction of sp³-hybridized carbons (Fsp3) is 0.226. The summed E-state index contributed by atoms with van der Waals surface area (Å²) in [6.07, 6.45) is -0.171. The van der Waals surface area contributed by atoms with Crippen molar-refractivity contribution >= 4 is 52.9 Å². The molecule has 0 saturated carbocycles. The number of β-lactam (4-membered cyclic amide) rings is 1. The van der Waals surface area contributed by atoms with Gasteiger partial charge in [-0.05, 0) is 52.2 Å². The van der Waals surface area contributed by atoms with Crippen molar-refractivity contribution in [3.63, 3.8) is 0 Å². The zero-order valence-corrected chi connectivity index (χ0v) is 26.7. The maximum Gasteiger partial charge on any atom is 0.352 e. The van der Waals surface area contributed by atoms with E-state index in [-0.39, 0.29) is 23.4 Å². The Morgan fingerprint density at radius 1 is 1.09 bits per heavy atom. The van der Waals surface area contributed by atoms with Crippen LogP contribution in [0.15, 0.2) is 81.9 Å². The van der Waals surface area contributed by atoms with Crippen LogP contribution in [-0.2, 0) is 27.9 Å². The van der Waals surface area contributed by atoms with Gasteiger partial charge in [-0.15, -0.1) is 16.9 Å². The first-order valence-corrected chi connectivity index (χ1v) is 16.4. The monoisotopic (exact) mass is 672 g/mol. The number of carboxylic acid groups (broad SMARTS) is 1. The Morgan fingerprint density at radius 2 is 1.85 bits per heavy atom. The summed E-state index contributed by atoms with van der Waals surface area (Å²) in [7, 11) is 1.67. The highest BCUT2D eigenvalue weighted by Crippen LogP contribution is 2.41. The van der Waals surface area contributed by atoms with Gasteiger partial charge in [0.25, 0.3) is 17.4 Å². The predicted octanol–water partition coefficient (Wildman–Crippen LogP) is 2.20. The van der Waals surface area contributed by atoms with Gasteiger partial charge in [0, 0.05) is 29.9 Å². The number of carbonyl (C=O) groups excluding carboxylic acids is 3. The highest BCUT2D eigenvalue weighted by Gasteiger charge is 2.54. The van der Waals surface area contributed by atoms with Crippen LogP contribution in [0.25, 0.3) is 11.3 Å². The third-order valence-electron chi connectivity index (χ3n) is 7.66. The molecule has 47 heavy (non-hydrogen) atoms. The zero-order chi connectivity index (χ0) is 33.2. The molecule has 1 unspecified atom stereocenters. The molecule has 1 saturated heterocycles. The van der Waals surface area contributed by atoms with Crippen molar-refractivity contribution in [1.82, 2.24) is 35.4 Å². The van der Waals surface area contributed by atoms with Crippen LogP contribution in [0.4, 0.5) is 5.69 Å². The number of rotatable bonds is 10. The zero-order valence-electron chi connectivity index (χ0n) is 25.1. The number of aryl methyl sites for hydroxylation is 2. The van der Waals surface area contributed by atoms with Crippen LogP contribution >= 0.6 is 23.5 Å². The Kier molecular flexibility index (Phi) is 8.95. The Bertz CT molecular complexity index is 1990. The standard InChI is InChI=1S/C31H28N8O6S2/c1-16-7-9-17(10-8-16)22-12-11-20(27(42)33-22)26(41)32-21-6-4-3-5-18(21)13-23(40)34-24-28(43)39-25(30(44)45)19(14-46-29(24)39)15-47-31-35-36-37-38(31)2/h3-12,24,29H,13-15H2,1-2H3,(H,32,41)(H,33,42)(H,34,40)(H,44,45)/t24?,29-/m1/s1. The number of amides is 3. The van der Waals surface area contributed by atoms with Crippen LogP contribution in [-0.4, -0.2) is 81.8 Å². The van der Waals surface area contributed by atoms with Gasteiger partial charge < -0.3 is 20.7 Å². The molecule has 0 spiro atoms.